The largest absolute Gasteiger partial charge is 0.306 e. The highest BCUT2D eigenvalue weighted by molar-refractivity contribution is 7.90. The molecule has 5 nitrogen and oxygen atoms in total. The second-order valence-corrected chi connectivity index (χ2v) is 8.70. The first kappa shape index (κ1) is 16.0. The lowest BCUT2D eigenvalue weighted by Crippen LogP contribution is -2.47. The van der Waals surface area contributed by atoms with Gasteiger partial charge >= 0.3 is 0 Å². The van der Waals surface area contributed by atoms with E-state index >= 15 is 0 Å². The molecule has 0 saturated heterocycles. The minimum absolute atomic E-state index is 0.128. The molecule has 0 aromatic rings. The van der Waals surface area contributed by atoms with Gasteiger partial charge in [0.2, 0.25) is 10.0 Å². The highest BCUT2D eigenvalue weighted by Gasteiger charge is 2.42. The van der Waals surface area contributed by atoms with Gasteiger partial charge < -0.3 is 4.55 Å². The molecule has 0 radical (unpaired) electrons. The van der Waals surface area contributed by atoms with E-state index in [0.29, 0.717) is 6.42 Å². The van der Waals surface area contributed by atoms with Gasteiger partial charge in [0, 0.05) is 0 Å². The van der Waals surface area contributed by atoms with Crippen LogP contribution in [0.1, 0.15) is 40.5 Å². The number of hydrogen-bond acceptors (Lipinski definition) is 3. The molecule has 0 bridgehead atoms. The van der Waals surface area contributed by atoms with Crippen LogP contribution in [0.5, 0.6) is 0 Å². The van der Waals surface area contributed by atoms with Crippen LogP contribution in [0, 0.1) is 0 Å². The van der Waals surface area contributed by atoms with E-state index in [2.05, 4.69) is 4.72 Å². The predicted octanol–water partition coefficient (Wildman–Crippen LogP) is 1.09. The molecule has 0 spiro atoms. The molecule has 2 atom stereocenters. The first-order chi connectivity index (χ1) is 7.02. The summed E-state index contributed by atoms with van der Waals surface area (Å²) in [5.74, 6) is 0. The Hall–Kier alpha value is 0.0200. The smallest absolute Gasteiger partial charge is 0.216 e. The van der Waals surface area contributed by atoms with E-state index in [4.69, 9.17) is 0 Å². The van der Waals surface area contributed by atoms with Gasteiger partial charge in [-0.1, -0.05) is 6.92 Å². The van der Waals surface area contributed by atoms with Crippen LogP contribution in [0.4, 0.5) is 0 Å². The van der Waals surface area contributed by atoms with Gasteiger partial charge in [-0.2, -0.15) is 0 Å². The molecule has 2 N–H and O–H groups in total. The molecule has 0 rings (SSSR count). The molecule has 7 heteroatoms. The van der Waals surface area contributed by atoms with Crippen molar-refractivity contribution in [2.45, 2.75) is 50.0 Å². The van der Waals surface area contributed by atoms with Crippen LogP contribution in [0.25, 0.3) is 0 Å². The molecule has 0 heterocycles. The van der Waals surface area contributed by atoms with Gasteiger partial charge in [-0.05, 0) is 40.7 Å². The van der Waals surface area contributed by atoms with Gasteiger partial charge in [0.1, 0.15) is 0 Å². The molecular formula is C9H21NO4S2. The zero-order valence-electron chi connectivity index (χ0n) is 10.4. The van der Waals surface area contributed by atoms with Crippen molar-refractivity contribution in [3.63, 3.8) is 0 Å². The van der Waals surface area contributed by atoms with Crippen molar-refractivity contribution in [1.82, 2.24) is 4.72 Å². The third kappa shape index (κ3) is 3.26. The Labute approximate surface area is 100 Å². The average molecular weight is 271 g/mol. The van der Waals surface area contributed by atoms with Crippen molar-refractivity contribution < 1.29 is 17.2 Å². The van der Waals surface area contributed by atoms with Crippen LogP contribution in [-0.4, -0.2) is 33.7 Å². The molecule has 0 aliphatic rings. The highest BCUT2D eigenvalue weighted by atomic mass is 32.2. The lowest BCUT2D eigenvalue weighted by atomic mass is 9.95. The summed E-state index contributed by atoms with van der Waals surface area (Å²) in [6.45, 7) is 6.51. The van der Waals surface area contributed by atoms with E-state index < -0.39 is 30.6 Å². The SMILES string of the molecule is CCC(C)(CC(C)(C)S(=O)(=O)NC)S(=O)O. The van der Waals surface area contributed by atoms with Crippen molar-refractivity contribution in [1.29, 1.82) is 0 Å². The van der Waals surface area contributed by atoms with E-state index in [1.165, 1.54) is 7.05 Å². The normalized spacial score (nSPS) is 19.1. The molecule has 16 heavy (non-hydrogen) atoms. The van der Waals surface area contributed by atoms with Crippen LogP contribution in [0.2, 0.25) is 0 Å². The number of rotatable bonds is 6. The Morgan fingerprint density at radius 1 is 1.31 bits per heavy atom. The molecule has 98 valence electrons. The fourth-order valence-corrected chi connectivity index (χ4v) is 3.47. The molecule has 0 saturated carbocycles. The van der Waals surface area contributed by atoms with Crippen molar-refractivity contribution in [3.8, 4) is 0 Å². The molecule has 0 aromatic heterocycles. The Morgan fingerprint density at radius 2 is 1.75 bits per heavy atom. The zero-order valence-corrected chi connectivity index (χ0v) is 12.0. The van der Waals surface area contributed by atoms with Crippen LogP contribution < -0.4 is 4.72 Å². The first-order valence-corrected chi connectivity index (χ1v) is 7.65. The van der Waals surface area contributed by atoms with Gasteiger partial charge in [0.05, 0.1) is 9.49 Å². The molecule has 0 aromatic carbocycles. The maximum absolute atomic E-state index is 11.7. The van der Waals surface area contributed by atoms with E-state index in [-0.39, 0.29) is 6.42 Å². The predicted molar refractivity (Wildman–Crippen MR) is 66.1 cm³/mol. The minimum atomic E-state index is -3.47. The second kappa shape index (κ2) is 5.12. The Bertz CT molecular complexity index is 364. The summed E-state index contributed by atoms with van der Waals surface area (Å²) in [7, 11) is -2.13. The Morgan fingerprint density at radius 3 is 2.00 bits per heavy atom. The third-order valence-corrected chi connectivity index (χ3v) is 6.38. The van der Waals surface area contributed by atoms with E-state index in [0.717, 1.165) is 0 Å². The van der Waals surface area contributed by atoms with Crippen molar-refractivity contribution in [2.75, 3.05) is 7.05 Å². The van der Waals surface area contributed by atoms with Crippen molar-refractivity contribution in [3.05, 3.63) is 0 Å². The Balaban J connectivity index is 5.18. The van der Waals surface area contributed by atoms with Crippen LogP contribution in [-0.2, 0) is 21.1 Å². The summed E-state index contributed by atoms with van der Waals surface area (Å²) in [6.07, 6.45) is 0.571. The van der Waals surface area contributed by atoms with Crippen LogP contribution in [0.15, 0.2) is 0 Å². The van der Waals surface area contributed by atoms with Gasteiger partial charge in [0.15, 0.2) is 11.1 Å². The lowest BCUT2D eigenvalue weighted by Gasteiger charge is -2.33. The monoisotopic (exact) mass is 271 g/mol. The van der Waals surface area contributed by atoms with Gasteiger partial charge in [-0.3, -0.25) is 0 Å². The Kier molecular flexibility index (Phi) is 5.12. The average Bonchev–Trinajstić information content (AvgIpc) is 2.16. The summed E-state index contributed by atoms with van der Waals surface area (Å²) in [5, 5.41) is 0. The molecular weight excluding hydrogens is 250 g/mol. The topological polar surface area (TPSA) is 83.5 Å². The number of nitrogens with one attached hydrogen (secondary N) is 1. The van der Waals surface area contributed by atoms with Crippen molar-refractivity contribution in [2.24, 2.45) is 0 Å². The number of sulfonamides is 1. The van der Waals surface area contributed by atoms with Crippen molar-refractivity contribution >= 4 is 21.1 Å². The van der Waals surface area contributed by atoms with E-state index in [9.17, 15) is 17.2 Å². The maximum Gasteiger partial charge on any atom is 0.216 e. The second-order valence-electron chi connectivity index (χ2n) is 4.70. The molecule has 2 unspecified atom stereocenters. The van der Waals surface area contributed by atoms with Gasteiger partial charge in [-0.25, -0.2) is 17.3 Å². The maximum atomic E-state index is 11.7. The van der Waals surface area contributed by atoms with Gasteiger partial charge in [0.25, 0.3) is 0 Å². The fourth-order valence-electron chi connectivity index (χ4n) is 1.58. The van der Waals surface area contributed by atoms with Crippen LogP contribution in [0.3, 0.4) is 0 Å². The summed E-state index contributed by atoms with van der Waals surface area (Å²) in [5.41, 5.74) is 0. The van der Waals surface area contributed by atoms with E-state index in [1.54, 1.807) is 27.7 Å². The van der Waals surface area contributed by atoms with E-state index in [1.807, 2.05) is 0 Å². The lowest BCUT2D eigenvalue weighted by molar-refractivity contribution is 0.421. The third-order valence-electron chi connectivity index (χ3n) is 2.97. The minimum Gasteiger partial charge on any atom is -0.306 e. The quantitative estimate of drug-likeness (QED) is 0.708. The number of hydrogen-bond donors (Lipinski definition) is 2. The molecule has 0 amide bonds. The highest BCUT2D eigenvalue weighted by Crippen LogP contribution is 2.32. The summed E-state index contributed by atoms with van der Waals surface area (Å²) in [6, 6.07) is 0. The standard InChI is InChI=1S/C9H21NO4S2/c1-6-9(4,15(11)12)7-8(2,3)16(13,14)10-5/h10H,6-7H2,1-5H3,(H,11,12). The summed E-state index contributed by atoms with van der Waals surface area (Å²) < 4.78 is 44.2. The molecule has 0 aliphatic carbocycles. The summed E-state index contributed by atoms with van der Waals surface area (Å²) in [4.78, 5) is 0. The molecule has 0 aliphatic heterocycles. The summed E-state index contributed by atoms with van der Waals surface area (Å²) >= 11 is -2.04. The first-order valence-electron chi connectivity index (χ1n) is 5.06. The molecule has 0 fully saturated rings. The zero-order chi connectivity index (χ0) is 13.2. The fraction of sp³-hybridized carbons (Fsp3) is 1.00. The van der Waals surface area contributed by atoms with Crippen LogP contribution >= 0.6 is 0 Å². The van der Waals surface area contributed by atoms with Gasteiger partial charge in [-0.15, -0.1) is 0 Å².